The molecule has 1 saturated heterocycles. The first-order chi connectivity index (χ1) is 11.1. The summed E-state index contributed by atoms with van der Waals surface area (Å²) in [6, 6.07) is 7.52. The Labute approximate surface area is 134 Å². The highest BCUT2D eigenvalue weighted by molar-refractivity contribution is 5.83. The van der Waals surface area contributed by atoms with Gasteiger partial charge in [0.05, 0.1) is 11.1 Å². The van der Waals surface area contributed by atoms with Gasteiger partial charge in [0.1, 0.15) is 6.54 Å². The smallest absolute Gasteiger partial charge is 0.275 e. The van der Waals surface area contributed by atoms with Gasteiger partial charge in [-0.2, -0.15) is 5.10 Å². The summed E-state index contributed by atoms with van der Waals surface area (Å²) in [6.45, 7) is 3.20. The van der Waals surface area contributed by atoms with Crippen molar-refractivity contribution in [2.45, 2.75) is 38.8 Å². The summed E-state index contributed by atoms with van der Waals surface area (Å²) >= 11 is 0. The largest absolute Gasteiger partial charge is 0.341 e. The highest BCUT2D eigenvalue weighted by Crippen LogP contribution is 2.13. The Morgan fingerprint density at radius 3 is 2.78 bits per heavy atom. The third kappa shape index (κ3) is 3.27. The van der Waals surface area contributed by atoms with Gasteiger partial charge in [-0.3, -0.25) is 9.59 Å². The van der Waals surface area contributed by atoms with Crippen molar-refractivity contribution < 1.29 is 4.79 Å². The third-order valence-electron chi connectivity index (χ3n) is 4.46. The van der Waals surface area contributed by atoms with Crippen LogP contribution in [0.2, 0.25) is 0 Å². The normalized spacial score (nSPS) is 18.9. The van der Waals surface area contributed by atoms with Crippen molar-refractivity contribution in [3.05, 3.63) is 40.3 Å². The summed E-state index contributed by atoms with van der Waals surface area (Å²) in [7, 11) is 0. The molecule has 0 spiro atoms. The summed E-state index contributed by atoms with van der Waals surface area (Å²) in [5, 5.41) is 5.74. The molecule has 0 unspecified atom stereocenters. The number of hydrogen-bond donors (Lipinski definition) is 1. The number of rotatable bonds is 2. The molecule has 3 rings (SSSR count). The minimum atomic E-state index is -0.217. The molecule has 1 aliphatic rings. The minimum absolute atomic E-state index is 0.0141. The van der Waals surface area contributed by atoms with Gasteiger partial charge in [0.2, 0.25) is 5.91 Å². The number of amides is 1. The number of carbonyl (C=O) groups is 1. The average molecular weight is 314 g/mol. The van der Waals surface area contributed by atoms with Gasteiger partial charge in [-0.1, -0.05) is 18.2 Å². The predicted octanol–water partition coefficient (Wildman–Crippen LogP) is 1.04. The van der Waals surface area contributed by atoms with Crippen LogP contribution in [0.3, 0.4) is 0 Å². The summed E-state index contributed by atoms with van der Waals surface area (Å²) in [5.41, 5.74) is 6.49. The first kappa shape index (κ1) is 15.7. The molecule has 1 aliphatic heterocycles. The van der Waals surface area contributed by atoms with Gasteiger partial charge in [0.25, 0.3) is 5.56 Å². The molecule has 0 bridgehead atoms. The third-order valence-corrected chi connectivity index (χ3v) is 4.46. The molecule has 1 aromatic heterocycles. The maximum atomic E-state index is 12.5. The van der Waals surface area contributed by atoms with Gasteiger partial charge in [0.15, 0.2) is 0 Å². The first-order valence-electron chi connectivity index (χ1n) is 8.06. The van der Waals surface area contributed by atoms with Gasteiger partial charge < -0.3 is 10.6 Å². The molecule has 1 atom stereocenters. The van der Waals surface area contributed by atoms with Gasteiger partial charge >= 0.3 is 0 Å². The molecule has 0 radical (unpaired) electrons. The number of hydrogen-bond acceptors (Lipinski definition) is 4. The fraction of sp³-hybridized carbons (Fsp3) is 0.471. The van der Waals surface area contributed by atoms with Crippen LogP contribution in [0.15, 0.2) is 29.1 Å². The van der Waals surface area contributed by atoms with Crippen LogP contribution >= 0.6 is 0 Å². The van der Waals surface area contributed by atoms with Crippen LogP contribution in [0.1, 0.15) is 25.0 Å². The van der Waals surface area contributed by atoms with Gasteiger partial charge in [-0.05, 0) is 32.3 Å². The summed E-state index contributed by atoms with van der Waals surface area (Å²) < 4.78 is 1.28. The van der Waals surface area contributed by atoms with Crippen molar-refractivity contribution in [3.8, 4) is 0 Å². The van der Waals surface area contributed by atoms with Crippen molar-refractivity contribution >= 4 is 16.7 Å². The van der Waals surface area contributed by atoms with Crippen LogP contribution in [0.25, 0.3) is 10.8 Å². The molecule has 122 valence electrons. The van der Waals surface area contributed by atoms with Gasteiger partial charge in [0, 0.05) is 24.5 Å². The van der Waals surface area contributed by atoms with Crippen molar-refractivity contribution in [1.29, 1.82) is 0 Å². The van der Waals surface area contributed by atoms with Crippen LogP contribution in [-0.4, -0.2) is 39.7 Å². The maximum Gasteiger partial charge on any atom is 0.275 e. The number of fused-ring (bicyclic) bond motifs is 1. The second-order valence-electron chi connectivity index (χ2n) is 6.17. The number of likely N-dealkylation sites (tertiary alicyclic amines) is 1. The second kappa shape index (κ2) is 6.50. The number of nitrogens with zero attached hydrogens (tertiary/aromatic N) is 3. The summed E-state index contributed by atoms with van der Waals surface area (Å²) in [4.78, 5) is 26.8. The molecule has 1 amide bonds. The average Bonchev–Trinajstić information content (AvgIpc) is 2.77. The monoisotopic (exact) mass is 314 g/mol. The molecule has 1 aromatic carbocycles. The van der Waals surface area contributed by atoms with Crippen molar-refractivity contribution in [2.24, 2.45) is 5.73 Å². The van der Waals surface area contributed by atoms with Crippen molar-refractivity contribution in [2.75, 3.05) is 13.1 Å². The van der Waals surface area contributed by atoms with Crippen LogP contribution in [0.5, 0.6) is 0 Å². The highest BCUT2D eigenvalue weighted by atomic mass is 16.2. The number of nitrogens with two attached hydrogens (primary N) is 1. The van der Waals surface area contributed by atoms with E-state index in [-0.39, 0.29) is 24.1 Å². The second-order valence-corrected chi connectivity index (χ2v) is 6.17. The van der Waals surface area contributed by atoms with E-state index in [0.29, 0.717) is 18.5 Å². The zero-order valence-corrected chi connectivity index (χ0v) is 13.4. The first-order valence-corrected chi connectivity index (χ1v) is 8.06. The minimum Gasteiger partial charge on any atom is -0.341 e. The number of aryl methyl sites for hydroxylation is 1. The van der Waals surface area contributed by atoms with E-state index in [1.165, 1.54) is 4.68 Å². The van der Waals surface area contributed by atoms with Crippen LogP contribution in [0, 0.1) is 6.92 Å². The number of carbonyl (C=O) groups excluding carboxylic acids is 1. The summed E-state index contributed by atoms with van der Waals surface area (Å²) in [5.74, 6) is -0.0663. The lowest BCUT2D eigenvalue weighted by Gasteiger charge is -2.20. The molecular weight excluding hydrogens is 292 g/mol. The zero-order valence-electron chi connectivity index (χ0n) is 13.4. The molecule has 2 heterocycles. The van der Waals surface area contributed by atoms with E-state index in [0.717, 1.165) is 30.3 Å². The molecule has 1 fully saturated rings. The SMILES string of the molecule is Cc1nn(CC(=O)N2CCC[C@H](N)CC2)c(=O)c2ccccc12. The van der Waals surface area contributed by atoms with E-state index < -0.39 is 0 Å². The van der Waals surface area contributed by atoms with E-state index in [1.807, 2.05) is 25.1 Å². The fourth-order valence-electron chi connectivity index (χ4n) is 3.11. The Morgan fingerprint density at radius 2 is 2.00 bits per heavy atom. The topological polar surface area (TPSA) is 81.2 Å². The zero-order chi connectivity index (χ0) is 16.4. The molecule has 0 aliphatic carbocycles. The predicted molar refractivity (Wildman–Crippen MR) is 89.1 cm³/mol. The molecule has 23 heavy (non-hydrogen) atoms. The molecule has 6 nitrogen and oxygen atoms in total. The van der Waals surface area contributed by atoms with Crippen LogP contribution < -0.4 is 11.3 Å². The van der Waals surface area contributed by atoms with Crippen molar-refractivity contribution in [1.82, 2.24) is 14.7 Å². The van der Waals surface area contributed by atoms with E-state index in [4.69, 9.17) is 5.73 Å². The lowest BCUT2D eigenvalue weighted by atomic mass is 10.1. The Kier molecular flexibility index (Phi) is 4.43. The lowest BCUT2D eigenvalue weighted by Crippen LogP contribution is -2.38. The van der Waals surface area contributed by atoms with E-state index in [1.54, 1.807) is 11.0 Å². The van der Waals surface area contributed by atoms with Gasteiger partial charge in [-0.25, -0.2) is 4.68 Å². The van der Waals surface area contributed by atoms with E-state index >= 15 is 0 Å². The standard InChI is InChI=1S/C17H22N4O2/c1-12-14-6-2-3-7-15(14)17(23)21(19-12)11-16(22)20-9-4-5-13(18)8-10-20/h2-3,6-7,13H,4-5,8-11,18H2,1H3/t13-/m0/s1. The van der Waals surface area contributed by atoms with Crippen LogP contribution in [0.4, 0.5) is 0 Å². The van der Waals surface area contributed by atoms with Crippen LogP contribution in [-0.2, 0) is 11.3 Å². The van der Waals surface area contributed by atoms with Crippen molar-refractivity contribution in [3.63, 3.8) is 0 Å². The Bertz CT molecular complexity index is 784. The fourth-order valence-corrected chi connectivity index (χ4v) is 3.11. The highest BCUT2D eigenvalue weighted by Gasteiger charge is 2.20. The Balaban J connectivity index is 1.85. The molecule has 2 aromatic rings. The summed E-state index contributed by atoms with van der Waals surface area (Å²) in [6.07, 6.45) is 2.66. The quantitative estimate of drug-likeness (QED) is 0.898. The van der Waals surface area contributed by atoms with Gasteiger partial charge in [-0.15, -0.1) is 0 Å². The molecule has 6 heteroatoms. The number of aromatic nitrogens is 2. The Morgan fingerprint density at radius 1 is 1.26 bits per heavy atom. The Hall–Kier alpha value is -2.21. The molecule has 0 saturated carbocycles. The maximum absolute atomic E-state index is 12.5. The molecular formula is C17H22N4O2. The molecule has 2 N–H and O–H groups in total. The van der Waals surface area contributed by atoms with E-state index in [2.05, 4.69) is 5.10 Å². The number of benzene rings is 1. The van der Waals surface area contributed by atoms with E-state index in [9.17, 15) is 9.59 Å². The lowest BCUT2D eigenvalue weighted by molar-refractivity contribution is -0.132.